The summed E-state index contributed by atoms with van der Waals surface area (Å²) in [5, 5.41) is 2.53. The number of benzene rings is 2. The number of amides is 1. The normalized spacial score (nSPS) is 16.3. The molecule has 1 aromatic heterocycles. The highest BCUT2D eigenvalue weighted by molar-refractivity contribution is 7.89. The topological polar surface area (TPSA) is 70.6 Å². The first kappa shape index (κ1) is 20.5. The van der Waals surface area contributed by atoms with Crippen LogP contribution in [0, 0.1) is 0 Å². The van der Waals surface area contributed by atoms with Crippen molar-refractivity contribution in [1.29, 1.82) is 0 Å². The van der Waals surface area contributed by atoms with Crippen LogP contribution in [0.1, 0.15) is 29.1 Å². The van der Waals surface area contributed by atoms with Crippen molar-refractivity contribution < 1.29 is 13.2 Å². The monoisotopic (exact) mass is 439 g/mol. The molecule has 0 bridgehead atoms. The number of thiazole rings is 1. The molecule has 8 heteroatoms. The molecule has 154 valence electrons. The highest BCUT2D eigenvalue weighted by Crippen LogP contribution is 2.39. The number of carbonyl (C=O) groups is 1. The Labute approximate surface area is 180 Å². The van der Waals surface area contributed by atoms with E-state index in [0.29, 0.717) is 21.8 Å². The second kappa shape index (κ2) is 7.79. The SMILES string of the molecule is CC(c1ccccc1)N(C)S(=O)(=O)c1ccc2c(c1)/C(=C\c1nccs1)C(=O)N2C. The van der Waals surface area contributed by atoms with E-state index in [9.17, 15) is 13.2 Å². The van der Waals surface area contributed by atoms with Crippen LogP contribution in [0.2, 0.25) is 0 Å². The van der Waals surface area contributed by atoms with E-state index in [0.717, 1.165) is 5.56 Å². The average molecular weight is 440 g/mol. The predicted molar refractivity (Wildman–Crippen MR) is 120 cm³/mol. The maximum atomic E-state index is 13.3. The third-order valence-electron chi connectivity index (χ3n) is 5.38. The van der Waals surface area contributed by atoms with Gasteiger partial charge in [-0.05, 0) is 36.8 Å². The van der Waals surface area contributed by atoms with E-state index < -0.39 is 10.0 Å². The van der Waals surface area contributed by atoms with Crippen LogP contribution in [0.3, 0.4) is 0 Å². The summed E-state index contributed by atoms with van der Waals surface area (Å²) in [7, 11) is -0.510. The van der Waals surface area contributed by atoms with Gasteiger partial charge in [-0.15, -0.1) is 11.3 Å². The number of aromatic nitrogens is 1. The number of anilines is 1. The number of carbonyl (C=O) groups excluding carboxylic acids is 1. The Balaban J connectivity index is 1.75. The number of nitrogens with zero attached hydrogens (tertiary/aromatic N) is 3. The van der Waals surface area contributed by atoms with Crippen molar-refractivity contribution in [3.63, 3.8) is 0 Å². The van der Waals surface area contributed by atoms with Gasteiger partial charge < -0.3 is 4.90 Å². The number of hydrogen-bond donors (Lipinski definition) is 0. The zero-order valence-corrected chi connectivity index (χ0v) is 18.4. The molecule has 1 aliphatic rings. The molecule has 6 nitrogen and oxygen atoms in total. The van der Waals surface area contributed by atoms with Crippen LogP contribution in [-0.4, -0.2) is 37.7 Å². The zero-order chi connectivity index (χ0) is 21.5. The van der Waals surface area contributed by atoms with Crippen molar-refractivity contribution in [2.45, 2.75) is 17.9 Å². The summed E-state index contributed by atoms with van der Waals surface area (Å²) < 4.78 is 28.0. The van der Waals surface area contributed by atoms with Gasteiger partial charge in [-0.2, -0.15) is 4.31 Å². The number of hydrogen-bond acceptors (Lipinski definition) is 5. The van der Waals surface area contributed by atoms with Gasteiger partial charge in [-0.1, -0.05) is 30.3 Å². The zero-order valence-electron chi connectivity index (χ0n) is 16.8. The van der Waals surface area contributed by atoms with E-state index >= 15 is 0 Å². The van der Waals surface area contributed by atoms with E-state index in [-0.39, 0.29) is 16.8 Å². The largest absolute Gasteiger partial charge is 0.311 e. The van der Waals surface area contributed by atoms with Gasteiger partial charge in [0.2, 0.25) is 10.0 Å². The molecular weight excluding hydrogens is 418 g/mol. The fraction of sp³-hybridized carbons (Fsp3) is 0.182. The Bertz CT molecular complexity index is 1220. The standard InChI is InChI=1S/C22H21N3O3S2/c1-15(16-7-5-4-6-8-16)25(3)30(27,28)17-9-10-20-18(13-17)19(22(26)24(20)2)14-21-23-11-12-29-21/h4-15H,1-3H3/b19-14+. The molecule has 1 unspecified atom stereocenters. The third-order valence-corrected chi connectivity index (χ3v) is 8.02. The molecule has 1 atom stereocenters. The second-order valence-corrected chi connectivity index (χ2v) is 10.0. The summed E-state index contributed by atoms with van der Waals surface area (Å²) in [4.78, 5) is 18.6. The molecule has 0 radical (unpaired) electrons. The molecule has 0 N–H and O–H groups in total. The van der Waals surface area contributed by atoms with E-state index in [1.54, 1.807) is 44.6 Å². The van der Waals surface area contributed by atoms with Crippen LogP contribution in [0.25, 0.3) is 11.6 Å². The minimum absolute atomic E-state index is 0.152. The molecule has 1 amide bonds. The van der Waals surface area contributed by atoms with Crippen LogP contribution >= 0.6 is 11.3 Å². The molecule has 0 fully saturated rings. The van der Waals surface area contributed by atoms with Crippen molar-refractivity contribution in [3.05, 3.63) is 76.2 Å². The number of fused-ring (bicyclic) bond motifs is 1. The average Bonchev–Trinajstić information content (AvgIpc) is 3.36. The lowest BCUT2D eigenvalue weighted by molar-refractivity contribution is -0.112. The van der Waals surface area contributed by atoms with Crippen LogP contribution in [0.4, 0.5) is 5.69 Å². The predicted octanol–water partition coefficient (Wildman–Crippen LogP) is 4.04. The van der Waals surface area contributed by atoms with Crippen LogP contribution in [-0.2, 0) is 14.8 Å². The Morgan fingerprint density at radius 2 is 1.90 bits per heavy atom. The molecule has 1 aliphatic heterocycles. The van der Waals surface area contributed by atoms with Gasteiger partial charge in [0, 0.05) is 37.3 Å². The minimum atomic E-state index is -3.77. The summed E-state index contributed by atoms with van der Waals surface area (Å²) in [5.74, 6) is -0.180. The maximum Gasteiger partial charge on any atom is 0.258 e. The quantitative estimate of drug-likeness (QED) is 0.563. The minimum Gasteiger partial charge on any atom is -0.311 e. The first-order valence-corrected chi connectivity index (χ1v) is 11.7. The second-order valence-electron chi connectivity index (χ2n) is 7.08. The summed E-state index contributed by atoms with van der Waals surface area (Å²) in [5.41, 5.74) is 2.63. The highest BCUT2D eigenvalue weighted by atomic mass is 32.2. The summed E-state index contributed by atoms with van der Waals surface area (Å²) in [6.07, 6.45) is 3.38. The molecule has 0 saturated heterocycles. The number of sulfonamides is 1. The summed E-state index contributed by atoms with van der Waals surface area (Å²) >= 11 is 1.42. The van der Waals surface area contributed by atoms with E-state index in [1.807, 2.05) is 42.6 Å². The van der Waals surface area contributed by atoms with E-state index in [4.69, 9.17) is 0 Å². The first-order chi connectivity index (χ1) is 14.3. The van der Waals surface area contributed by atoms with Gasteiger partial charge in [0.1, 0.15) is 5.01 Å². The Morgan fingerprint density at radius 1 is 1.17 bits per heavy atom. The number of likely N-dealkylation sites (N-methyl/N-ethyl adjacent to an activating group) is 1. The van der Waals surface area contributed by atoms with Crippen LogP contribution in [0.15, 0.2) is 65.0 Å². The lowest BCUT2D eigenvalue weighted by Gasteiger charge is -2.25. The molecule has 4 rings (SSSR count). The highest BCUT2D eigenvalue weighted by Gasteiger charge is 2.33. The van der Waals surface area contributed by atoms with Gasteiger partial charge in [-0.3, -0.25) is 4.79 Å². The van der Waals surface area contributed by atoms with E-state index in [2.05, 4.69) is 4.98 Å². The summed E-state index contributed by atoms with van der Waals surface area (Å²) in [6.45, 7) is 1.85. The van der Waals surface area contributed by atoms with Crippen molar-refractivity contribution in [2.75, 3.05) is 19.0 Å². The Kier molecular flexibility index (Phi) is 5.31. The molecule has 0 saturated carbocycles. The maximum absolute atomic E-state index is 13.3. The number of rotatable bonds is 5. The molecule has 2 aromatic carbocycles. The lowest BCUT2D eigenvalue weighted by Crippen LogP contribution is -2.29. The van der Waals surface area contributed by atoms with Crippen molar-refractivity contribution in [3.8, 4) is 0 Å². The van der Waals surface area contributed by atoms with Gasteiger partial charge in [0.15, 0.2) is 0 Å². The van der Waals surface area contributed by atoms with Crippen molar-refractivity contribution in [1.82, 2.24) is 9.29 Å². The fourth-order valence-corrected chi connectivity index (χ4v) is 5.42. The fourth-order valence-electron chi connectivity index (χ4n) is 3.47. The molecular formula is C22H21N3O3S2. The van der Waals surface area contributed by atoms with Gasteiger partial charge in [0.05, 0.1) is 16.2 Å². The van der Waals surface area contributed by atoms with Crippen LogP contribution < -0.4 is 4.90 Å². The Morgan fingerprint density at radius 3 is 2.57 bits per heavy atom. The Hall–Kier alpha value is -2.81. The van der Waals surface area contributed by atoms with Gasteiger partial charge >= 0.3 is 0 Å². The summed E-state index contributed by atoms with van der Waals surface area (Å²) in [6, 6.07) is 14.0. The molecule has 2 heterocycles. The molecule has 0 aliphatic carbocycles. The third kappa shape index (κ3) is 3.47. The van der Waals surface area contributed by atoms with Crippen molar-refractivity contribution in [2.24, 2.45) is 0 Å². The van der Waals surface area contributed by atoms with E-state index in [1.165, 1.54) is 20.5 Å². The lowest BCUT2D eigenvalue weighted by atomic mass is 10.1. The molecule has 30 heavy (non-hydrogen) atoms. The molecule has 3 aromatic rings. The van der Waals surface area contributed by atoms with Crippen molar-refractivity contribution >= 4 is 44.6 Å². The first-order valence-electron chi connectivity index (χ1n) is 9.37. The smallest absolute Gasteiger partial charge is 0.258 e. The molecule has 0 spiro atoms. The van der Waals surface area contributed by atoms with Gasteiger partial charge in [-0.25, -0.2) is 13.4 Å². The van der Waals surface area contributed by atoms with Crippen LogP contribution in [0.5, 0.6) is 0 Å². The van der Waals surface area contributed by atoms with Gasteiger partial charge in [0.25, 0.3) is 5.91 Å².